The molecule has 5 heteroatoms. The molecule has 1 fully saturated rings. The van der Waals surface area contributed by atoms with Crippen LogP contribution in [0, 0.1) is 5.92 Å². The smallest absolute Gasteiger partial charge is 0.205 e. The molecule has 0 bridgehead atoms. The van der Waals surface area contributed by atoms with E-state index in [0.717, 1.165) is 38.6 Å². The lowest BCUT2D eigenvalue weighted by Crippen LogP contribution is -2.40. The van der Waals surface area contributed by atoms with Crippen molar-refractivity contribution in [2.45, 2.75) is 38.8 Å². The second kappa shape index (κ2) is 6.91. The van der Waals surface area contributed by atoms with Gasteiger partial charge in [0.2, 0.25) is 5.95 Å². The van der Waals surface area contributed by atoms with Gasteiger partial charge in [-0.1, -0.05) is 0 Å². The average molecular weight is 266 g/mol. The van der Waals surface area contributed by atoms with E-state index in [0.29, 0.717) is 12.0 Å². The molecular formula is C14H26N4O. The highest BCUT2D eigenvalue weighted by atomic mass is 16.5. The van der Waals surface area contributed by atoms with Gasteiger partial charge in [0.1, 0.15) is 0 Å². The van der Waals surface area contributed by atoms with Crippen molar-refractivity contribution in [3.8, 4) is 0 Å². The molecule has 1 aromatic heterocycles. The molecule has 19 heavy (non-hydrogen) atoms. The highest BCUT2D eigenvalue weighted by Crippen LogP contribution is 2.23. The van der Waals surface area contributed by atoms with Gasteiger partial charge in [-0.3, -0.25) is 0 Å². The molecule has 0 aromatic carbocycles. The molecule has 0 radical (unpaired) electrons. The summed E-state index contributed by atoms with van der Waals surface area (Å²) < 4.78 is 7.33. The van der Waals surface area contributed by atoms with Crippen molar-refractivity contribution in [3.63, 3.8) is 0 Å². The van der Waals surface area contributed by atoms with Crippen LogP contribution in [0.2, 0.25) is 0 Å². The molecule has 1 aliphatic heterocycles. The second-order valence-electron chi connectivity index (χ2n) is 5.45. The number of hydrogen-bond acceptors (Lipinski definition) is 4. The minimum Gasteiger partial charge on any atom is -0.385 e. The number of piperidine rings is 1. The Balaban J connectivity index is 1.90. The van der Waals surface area contributed by atoms with Crippen LogP contribution >= 0.6 is 0 Å². The van der Waals surface area contributed by atoms with Crippen LogP contribution < -0.4 is 10.6 Å². The summed E-state index contributed by atoms with van der Waals surface area (Å²) >= 11 is 0. The van der Waals surface area contributed by atoms with Crippen molar-refractivity contribution >= 4 is 5.95 Å². The van der Waals surface area contributed by atoms with E-state index < -0.39 is 0 Å². The number of anilines is 1. The van der Waals surface area contributed by atoms with Gasteiger partial charge in [-0.05, 0) is 32.1 Å². The van der Waals surface area contributed by atoms with Crippen molar-refractivity contribution in [3.05, 3.63) is 12.4 Å². The fraction of sp³-hybridized carbons (Fsp3) is 0.786. The first-order chi connectivity index (χ1) is 9.22. The van der Waals surface area contributed by atoms with Crippen LogP contribution in [0.5, 0.6) is 0 Å². The molecule has 2 heterocycles. The van der Waals surface area contributed by atoms with Crippen LogP contribution in [0.1, 0.15) is 26.2 Å². The lowest BCUT2D eigenvalue weighted by Gasteiger charge is -2.34. The second-order valence-corrected chi connectivity index (χ2v) is 5.45. The van der Waals surface area contributed by atoms with E-state index in [-0.39, 0.29) is 0 Å². The quantitative estimate of drug-likeness (QED) is 0.793. The molecule has 2 N–H and O–H groups in total. The van der Waals surface area contributed by atoms with E-state index in [1.54, 1.807) is 7.11 Å². The van der Waals surface area contributed by atoms with Crippen LogP contribution in [-0.4, -0.2) is 42.4 Å². The molecule has 1 aromatic rings. The van der Waals surface area contributed by atoms with Crippen LogP contribution in [-0.2, 0) is 11.3 Å². The Labute approximate surface area is 115 Å². The third-order valence-electron chi connectivity index (χ3n) is 4.01. The van der Waals surface area contributed by atoms with Gasteiger partial charge in [0.05, 0.1) is 0 Å². The predicted octanol–water partition coefficient (Wildman–Crippen LogP) is 1.48. The van der Waals surface area contributed by atoms with E-state index in [2.05, 4.69) is 27.6 Å². The van der Waals surface area contributed by atoms with Crippen molar-refractivity contribution in [2.24, 2.45) is 11.7 Å². The zero-order valence-electron chi connectivity index (χ0n) is 12.1. The highest BCUT2D eigenvalue weighted by Gasteiger charge is 2.23. The van der Waals surface area contributed by atoms with Crippen molar-refractivity contribution in [2.75, 3.05) is 31.7 Å². The fourth-order valence-corrected chi connectivity index (χ4v) is 2.76. The van der Waals surface area contributed by atoms with Crippen molar-refractivity contribution in [1.82, 2.24) is 9.55 Å². The van der Waals surface area contributed by atoms with E-state index in [4.69, 9.17) is 10.5 Å². The van der Waals surface area contributed by atoms with E-state index >= 15 is 0 Å². The monoisotopic (exact) mass is 266 g/mol. The summed E-state index contributed by atoms with van der Waals surface area (Å²) in [4.78, 5) is 6.89. The summed E-state index contributed by atoms with van der Waals surface area (Å²) in [6, 6.07) is 0.309. The Bertz CT molecular complexity index is 369. The number of imidazole rings is 1. The summed E-state index contributed by atoms with van der Waals surface area (Å²) in [7, 11) is 1.74. The zero-order chi connectivity index (χ0) is 13.7. The number of rotatable bonds is 6. The maximum absolute atomic E-state index is 5.99. The van der Waals surface area contributed by atoms with Gasteiger partial charge in [0, 0.05) is 51.8 Å². The number of methoxy groups -OCH3 is 1. The predicted molar refractivity (Wildman–Crippen MR) is 77.3 cm³/mol. The Morgan fingerprint density at radius 1 is 1.47 bits per heavy atom. The fourth-order valence-electron chi connectivity index (χ4n) is 2.76. The Kier molecular flexibility index (Phi) is 5.22. The minimum absolute atomic E-state index is 0.309. The van der Waals surface area contributed by atoms with Crippen molar-refractivity contribution < 1.29 is 4.74 Å². The first-order valence-electron chi connectivity index (χ1n) is 7.23. The maximum atomic E-state index is 5.99. The standard InChI is InChI=1S/C14H26N4O/c1-12(15)13-4-8-18(9-5-13)14-16-6-10-17(14)7-3-11-19-2/h6,10,12-13H,3-5,7-9,11,15H2,1-2H3. The Morgan fingerprint density at radius 3 is 2.84 bits per heavy atom. The highest BCUT2D eigenvalue weighted by molar-refractivity contribution is 5.31. The minimum atomic E-state index is 0.309. The lowest BCUT2D eigenvalue weighted by molar-refractivity contribution is 0.190. The van der Waals surface area contributed by atoms with Gasteiger partial charge in [-0.15, -0.1) is 0 Å². The molecule has 5 nitrogen and oxygen atoms in total. The normalized spacial score (nSPS) is 18.8. The lowest BCUT2D eigenvalue weighted by atomic mass is 9.91. The Morgan fingerprint density at radius 2 is 2.21 bits per heavy atom. The van der Waals surface area contributed by atoms with E-state index in [1.165, 1.54) is 12.8 Å². The molecule has 1 atom stereocenters. The zero-order valence-corrected chi connectivity index (χ0v) is 12.1. The van der Waals surface area contributed by atoms with Crippen LogP contribution in [0.3, 0.4) is 0 Å². The molecule has 108 valence electrons. The average Bonchev–Trinajstić information content (AvgIpc) is 2.87. The number of aromatic nitrogens is 2. The molecule has 0 spiro atoms. The summed E-state index contributed by atoms with van der Waals surface area (Å²) in [5.41, 5.74) is 5.99. The molecule has 1 aliphatic rings. The SMILES string of the molecule is COCCCn1ccnc1N1CCC(C(C)N)CC1. The number of ether oxygens (including phenoxy) is 1. The molecule has 0 aliphatic carbocycles. The summed E-state index contributed by atoms with van der Waals surface area (Å²) in [6.45, 7) is 6.01. The van der Waals surface area contributed by atoms with Crippen LogP contribution in [0.15, 0.2) is 12.4 Å². The number of aryl methyl sites for hydroxylation is 1. The first kappa shape index (κ1) is 14.3. The van der Waals surface area contributed by atoms with Crippen molar-refractivity contribution in [1.29, 1.82) is 0 Å². The first-order valence-corrected chi connectivity index (χ1v) is 7.23. The van der Waals surface area contributed by atoms with E-state index in [9.17, 15) is 0 Å². The molecule has 1 saturated heterocycles. The molecular weight excluding hydrogens is 240 g/mol. The topological polar surface area (TPSA) is 56.3 Å². The van der Waals surface area contributed by atoms with Gasteiger partial charge in [0.15, 0.2) is 0 Å². The maximum Gasteiger partial charge on any atom is 0.205 e. The number of nitrogens with two attached hydrogens (primary N) is 1. The van der Waals surface area contributed by atoms with Gasteiger partial charge >= 0.3 is 0 Å². The summed E-state index contributed by atoms with van der Waals surface area (Å²) in [5, 5.41) is 0. The molecule has 0 amide bonds. The number of nitrogens with zero attached hydrogens (tertiary/aromatic N) is 3. The molecule has 0 saturated carbocycles. The van der Waals surface area contributed by atoms with Gasteiger partial charge in [0.25, 0.3) is 0 Å². The van der Waals surface area contributed by atoms with Gasteiger partial charge in [-0.25, -0.2) is 4.98 Å². The largest absolute Gasteiger partial charge is 0.385 e. The third kappa shape index (κ3) is 3.70. The third-order valence-corrected chi connectivity index (χ3v) is 4.01. The Hall–Kier alpha value is -1.07. The number of hydrogen-bond donors (Lipinski definition) is 1. The molecule has 1 unspecified atom stereocenters. The molecule has 2 rings (SSSR count). The van der Waals surface area contributed by atoms with Crippen LogP contribution in [0.4, 0.5) is 5.95 Å². The van der Waals surface area contributed by atoms with Crippen LogP contribution in [0.25, 0.3) is 0 Å². The van der Waals surface area contributed by atoms with E-state index in [1.807, 2.05) is 6.20 Å². The van der Waals surface area contributed by atoms with Gasteiger partial charge < -0.3 is 19.9 Å². The summed E-state index contributed by atoms with van der Waals surface area (Å²) in [6.07, 6.45) is 7.31. The summed E-state index contributed by atoms with van der Waals surface area (Å²) in [5.74, 6) is 1.76. The van der Waals surface area contributed by atoms with Gasteiger partial charge in [-0.2, -0.15) is 0 Å².